The van der Waals surface area contributed by atoms with Crippen molar-refractivity contribution in [3.8, 4) is 0 Å². The molecule has 1 fully saturated rings. The van der Waals surface area contributed by atoms with Crippen LogP contribution in [0, 0.1) is 0 Å². The van der Waals surface area contributed by atoms with Crippen LogP contribution in [0.4, 0.5) is 0 Å². The summed E-state index contributed by atoms with van der Waals surface area (Å²) in [5.74, 6) is -0.710. The van der Waals surface area contributed by atoms with Gasteiger partial charge >= 0.3 is 5.97 Å². The van der Waals surface area contributed by atoms with Crippen LogP contribution in [0.15, 0.2) is 36.4 Å². The van der Waals surface area contributed by atoms with E-state index >= 15 is 0 Å². The summed E-state index contributed by atoms with van der Waals surface area (Å²) in [7, 11) is 0. The third-order valence-corrected chi connectivity index (χ3v) is 3.25. The Labute approximate surface area is 122 Å². The van der Waals surface area contributed by atoms with Crippen LogP contribution in [0.25, 0.3) is 6.08 Å². The molecule has 3 N–H and O–H groups in total. The van der Waals surface area contributed by atoms with Gasteiger partial charge in [-0.3, -0.25) is 0 Å². The molecule has 6 heteroatoms. The largest absolute Gasteiger partial charge is 0.430 e. The molecule has 5 atom stereocenters. The Morgan fingerprint density at radius 3 is 2.48 bits per heavy atom. The number of ether oxygens (including phenoxy) is 2. The second kappa shape index (κ2) is 6.82. The highest BCUT2D eigenvalue weighted by Crippen LogP contribution is 2.21. The van der Waals surface area contributed by atoms with Crippen molar-refractivity contribution in [1.29, 1.82) is 0 Å². The highest BCUT2D eigenvalue weighted by atomic mass is 16.7. The molecule has 0 unspecified atom stereocenters. The third kappa shape index (κ3) is 3.89. The molecule has 1 aliphatic rings. The molecule has 1 aromatic carbocycles. The first-order chi connectivity index (χ1) is 9.99. The molecule has 114 valence electrons. The molecule has 1 aromatic rings. The van der Waals surface area contributed by atoms with E-state index in [1.54, 1.807) is 6.08 Å². The number of aliphatic hydroxyl groups excluding tert-OH is 3. The Bertz CT molecular complexity index is 500. The number of esters is 1. The van der Waals surface area contributed by atoms with Crippen LogP contribution >= 0.6 is 0 Å². The standard InChI is InChI=1S/C15H18O6/c1-9-12(17)13(18)14(19)15(20-9)21-11(16)8-7-10-5-3-2-4-6-10/h2-9,12-15,17-19H,1H3/b8-7+/t9-,12-,13-,14+,15-/m0/s1. The number of hydrogen-bond acceptors (Lipinski definition) is 6. The lowest BCUT2D eigenvalue weighted by molar-refractivity contribution is -0.283. The topological polar surface area (TPSA) is 96.2 Å². The normalized spacial score (nSPS) is 33.0. The molecule has 0 spiro atoms. The predicted octanol–water partition coefficient (Wildman–Crippen LogP) is 0.0705. The molecule has 0 amide bonds. The second-order valence-electron chi connectivity index (χ2n) is 4.86. The summed E-state index contributed by atoms with van der Waals surface area (Å²) >= 11 is 0. The molecule has 0 aromatic heterocycles. The van der Waals surface area contributed by atoms with Crippen LogP contribution < -0.4 is 0 Å². The Balaban J connectivity index is 1.95. The molecular weight excluding hydrogens is 276 g/mol. The van der Waals surface area contributed by atoms with Crippen LogP contribution in [0.2, 0.25) is 0 Å². The zero-order valence-corrected chi connectivity index (χ0v) is 11.5. The van der Waals surface area contributed by atoms with Gasteiger partial charge in [0.2, 0.25) is 6.29 Å². The monoisotopic (exact) mass is 294 g/mol. The minimum Gasteiger partial charge on any atom is -0.430 e. The van der Waals surface area contributed by atoms with Crippen LogP contribution in [0.3, 0.4) is 0 Å². The summed E-state index contributed by atoms with van der Waals surface area (Å²) < 4.78 is 10.1. The van der Waals surface area contributed by atoms with E-state index in [1.165, 1.54) is 13.0 Å². The molecule has 0 saturated carbocycles. The molecule has 2 rings (SSSR count). The fraction of sp³-hybridized carbons (Fsp3) is 0.400. The van der Waals surface area contributed by atoms with Gasteiger partial charge in [-0.1, -0.05) is 30.3 Å². The SMILES string of the molecule is C[C@@H]1O[C@@H](OC(=O)/C=C/c2ccccc2)[C@H](O)[C@@H](O)[C@H]1O. The zero-order valence-electron chi connectivity index (χ0n) is 11.5. The first-order valence-electron chi connectivity index (χ1n) is 6.62. The van der Waals surface area contributed by atoms with Gasteiger partial charge in [-0.15, -0.1) is 0 Å². The van der Waals surface area contributed by atoms with Gasteiger partial charge in [0.1, 0.15) is 18.3 Å². The van der Waals surface area contributed by atoms with Crippen molar-refractivity contribution in [2.24, 2.45) is 0 Å². The number of carbonyl (C=O) groups excluding carboxylic acids is 1. The van der Waals surface area contributed by atoms with E-state index in [1.807, 2.05) is 30.3 Å². The van der Waals surface area contributed by atoms with Crippen LogP contribution in [-0.2, 0) is 14.3 Å². The van der Waals surface area contributed by atoms with Gasteiger partial charge < -0.3 is 24.8 Å². The molecule has 6 nitrogen and oxygen atoms in total. The summed E-state index contributed by atoms with van der Waals surface area (Å²) in [5, 5.41) is 28.9. The van der Waals surface area contributed by atoms with Gasteiger partial charge in [-0.2, -0.15) is 0 Å². The molecule has 1 heterocycles. The van der Waals surface area contributed by atoms with Crippen molar-refractivity contribution >= 4 is 12.0 Å². The van der Waals surface area contributed by atoms with Gasteiger partial charge in [0, 0.05) is 6.08 Å². The Morgan fingerprint density at radius 1 is 1.14 bits per heavy atom. The molecule has 0 radical (unpaired) electrons. The highest BCUT2D eigenvalue weighted by molar-refractivity contribution is 5.87. The zero-order chi connectivity index (χ0) is 15.4. The summed E-state index contributed by atoms with van der Waals surface area (Å²) in [4.78, 5) is 11.7. The Hall–Kier alpha value is -1.73. The average Bonchev–Trinajstić information content (AvgIpc) is 2.49. The van der Waals surface area contributed by atoms with Crippen LogP contribution in [-0.4, -0.2) is 52.0 Å². The fourth-order valence-electron chi connectivity index (χ4n) is 1.99. The van der Waals surface area contributed by atoms with Crippen molar-refractivity contribution < 1.29 is 29.6 Å². The van der Waals surface area contributed by atoms with Crippen LogP contribution in [0.5, 0.6) is 0 Å². The van der Waals surface area contributed by atoms with E-state index in [4.69, 9.17) is 9.47 Å². The van der Waals surface area contributed by atoms with Crippen molar-refractivity contribution in [3.63, 3.8) is 0 Å². The first-order valence-corrected chi connectivity index (χ1v) is 6.62. The van der Waals surface area contributed by atoms with Crippen molar-refractivity contribution in [3.05, 3.63) is 42.0 Å². The summed E-state index contributed by atoms with van der Waals surface area (Å²) in [6, 6.07) is 9.16. The predicted molar refractivity (Wildman–Crippen MR) is 73.9 cm³/mol. The lowest BCUT2D eigenvalue weighted by atomic mass is 10.0. The fourth-order valence-corrected chi connectivity index (χ4v) is 1.99. The van der Waals surface area contributed by atoms with E-state index in [-0.39, 0.29) is 0 Å². The maximum absolute atomic E-state index is 11.7. The number of hydrogen-bond donors (Lipinski definition) is 3. The van der Waals surface area contributed by atoms with E-state index in [0.29, 0.717) is 0 Å². The van der Waals surface area contributed by atoms with E-state index < -0.39 is 36.7 Å². The highest BCUT2D eigenvalue weighted by Gasteiger charge is 2.43. The van der Waals surface area contributed by atoms with E-state index in [0.717, 1.165) is 5.56 Å². The van der Waals surface area contributed by atoms with Gasteiger partial charge in [-0.05, 0) is 18.6 Å². The van der Waals surface area contributed by atoms with Gasteiger partial charge in [0.05, 0.1) is 6.10 Å². The van der Waals surface area contributed by atoms with Crippen molar-refractivity contribution in [1.82, 2.24) is 0 Å². The van der Waals surface area contributed by atoms with Crippen LogP contribution in [0.1, 0.15) is 12.5 Å². The molecule has 1 saturated heterocycles. The molecule has 0 aliphatic carbocycles. The average molecular weight is 294 g/mol. The van der Waals surface area contributed by atoms with Gasteiger partial charge in [-0.25, -0.2) is 4.79 Å². The molecular formula is C15H18O6. The smallest absolute Gasteiger partial charge is 0.333 e. The maximum atomic E-state index is 11.7. The minimum absolute atomic E-state index is 0.710. The number of aliphatic hydroxyl groups is 3. The second-order valence-corrected chi connectivity index (χ2v) is 4.86. The van der Waals surface area contributed by atoms with E-state index in [9.17, 15) is 20.1 Å². The molecule has 0 bridgehead atoms. The quantitative estimate of drug-likeness (QED) is 0.539. The first kappa shape index (κ1) is 15.7. The Morgan fingerprint density at radius 2 is 1.81 bits per heavy atom. The van der Waals surface area contributed by atoms with Crippen molar-refractivity contribution in [2.45, 2.75) is 37.6 Å². The minimum atomic E-state index is -1.50. The maximum Gasteiger partial charge on any atom is 0.333 e. The summed E-state index contributed by atoms with van der Waals surface area (Å²) in [6.45, 7) is 1.51. The van der Waals surface area contributed by atoms with Gasteiger partial charge in [0.15, 0.2) is 0 Å². The lowest BCUT2D eigenvalue weighted by Gasteiger charge is -2.38. The summed E-state index contributed by atoms with van der Waals surface area (Å²) in [6.07, 6.45) is -3.45. The number of benzene rings is 1. The number of carbonyl (C=O) groups is 1. The van der Waals surface area contributed by atoms with Crippen molar-refractivity contribution in [2.75, 3.05) is 0 Å². The third-order valence-electron chi connectivity index (χ3n) is 3.25. The molecule has 1 aliphatic heterocycles. The lowest BCUT2D eigenvalue weighted by Crippen LogP contribution is -2.57. The van der Waals surface area contributed by atoms with E-state index in [2.05, 4.69) is 0 Å². The van der Waals surface area contributed by atoms with Gasteiger partial charge in [0.25, 0.3) is 0 Å². The summed E-state index contributed by atoms with van der Waals surface area (Å²) in [5.41, 5.74) is 0.823. The Kier molecular flexibility index (Phi) is 5.08. The number of rotatable bonds is 3. The molecule has 21 heavy (non-hydrogen) atoms.